The first-order valence-electron chi connectivity index (χ1n) is 9.62. The number of fused-ring (bicyclic) bond motifs is 2. The Hall–Kier alpha value is -3.86. The molecule has 0 amide bonds. The number of carbonyl (C=O) groups is 4. The number of ether oxygens (including phenoxy) is 1. The Morgan fingerprint density at radius 2 is 1.40 bits per heavy atom. The summed E-state index contributed by atoms with van der Waals surface area (Å²) in [5.74, 6) is -1.88. The van der Waals surface area contributed by atoms with Gasteiger partial charge in [-0.3, -0.25) is 14.4 Å². The molecule has 0 unspecified atom stereocenters. The minimum Gasteiger partial charge on any atom is -0.454 e. The van der Waals surface area contributed by atoms with E-state index in [1.807, 2.05) is 19.1 Å². The van der Waals surface area contributed by atoms with E-state index >= 15 is 0 Å². The molecule has 0 spiro atoms. The third-order valence-electron chi connectivity index (χ3n) is 5.19. The minimum absolute atomic E-state index is 0.0190. The van der Waals surface area contributed by atoms with E-state index < -0.39 is 18.4 Å². The summed E-state index contributed by atoms with van der Waals surface area (Å²) in [6.45, 7) is 1.57. The standard InChI is InChI=1S/C25H18O5/c1-2-15-10-12-16(13-11-15)21(26)14-30-25(29)20-9-5-8-19-22(20)24(28)18-7-4-3-6-17(18)23(19)27/h3-13H,2,14H2,1H3. The van der Waals surface area contributed by atoms with E-state index in [0.717, 1.165) is 12.0 Å². The predicted molar refractivity (Wildman–Crippen MR) is 110 cm³/mol. The lowest BCUT2D eigenvalue weighted by molar-refractivity contribution is 0.0473. The number of hydrogen-bond acceptors (Lipinski definition) is 5. The van der Waals surface area contributed by atoms with Gasteiger partial charge in [-0.2, -0.15) is 0 Å². The van der Waals surface area contributed by atoms with E-state index in [1.54, 1.807) is 36.4 Å². The molecule has 0 N–H and O–H groups in total. The van der Waals surface area contributed by atoms with Gasteiger partial charge in [0.2, 0.25) is 0 Å². The van der Waals surface area contributed by atoms with Gasteiger partial charge in [-0.15, -0.1) is 0 Å². The summed E-state index contributed by atoms with van der Waals surface area (Å²) in [7, 11) is 0. The second kappa shape index (κ2) is 7.87. The molecule has 0 aromatic heterocycles. The Bertz CT molecular complexity index is 1190. The predicted octanol–water partition coefficient (Wildman–Crippen LogP) is 4.06. The van der Waals surface area contributed by atoms with Crippen LogP contribution in [0.5, 0.6) is 0 Å². The number of rotatable bonds is 5. The maximum Gasteiger partial charge on any atom is 0.339 e. The molecule has 0 atom stereocenters. The van der Waals surface area contributed by atoms with Crippen molar-refractivity contribution in [2.75, 3.05) is 6.61 Å². The van der Waals surface area contributed by atoms with Crippen LogP contribution in [0.3, 0.4) is 0 Å². The lowest BCUT2D eigenvalue weighted by Crippen LogP contribution is -2.25. The van der Waals surface area contributed by atoms with Gasteiger partial charge in [0.05, 0.1) is 5.56 Å². The molecule has 0 heterocycles. The topological polar surface area (TPSA) is 77.5 Å². The Morgan fingerprint density at radius 3 is 2.07 bits per heavy atom. The van der Waals surface area contributed by atoms with Crippen molar-refractivity contribution in [3.05, 3.63) is 106 Å². The SMILES string of the molecule is CCc1ccc(C(=O)COC(=O)c2cccc3c2C(=O)c2ccccc2C3=O)cc1. The number of carbonyl (C=O) groups excluding carboxylic acids is 4. The molecule has 0 bridgehead atoms. The molecule has 5 heteroatoms. The first-order valence-corrected chi connectivity index (χ1v) is 9.62. The van der Waals surface area contributed by atoms with Crippen molar-refractivity contribution in [2.45, 2.75) is 13.3 Å². The highest BCUT2D eigenvalue weighted by Crippen LogP contribution is 2.29. The molecule has 4 rings (SSSR count). The zero-order chi connectivity index (χ0) is 21.3. The number of benzene rings is 3. The lowest BCUT2D eigenvalue weighted by atomic mass is 9.82. The Morgan fingerprint density at radius 1 is 0.767 bits per heavy atom. The van der Waals surface area contributed by atoms with Crippen LogP contribution in [0.1, 0.15) is 65.0 Å². The smallest absolute Gasteiger partial charge is 0.339 e. The molecule has 0 aliphatic heterocycles. The van der Waals surface area contributed by atoms with Gasteiger partial charge >= 0.3 is 5.97 Å². The Balaban J connectivity index is 1.58. The molecule has 1 aliphatic rings. The molecule has 148 valence electrons. The first-order chi connectivity index (χ1) is 14.5. The average Bonchev–Trinajstić information content (AvgIpc) is 2.80. The maximum atomic E-state index is 13.0. The van der Waals surface area contributed by atoms with Crippen molar-refractivity contribution in [1.82, 2.24) is 0 Å². The van der Waals surface area contributed by atoms with Gasteiger partial charge in [0.1, 0.15) is 0 Å². The van der Waals surface area contributed by atoms with Crippen molar-refractivity contribution in [2.24, 2.45) is 0 Å². The molecular formula is C25H18O5. The van der Waals surface area contributed by atoms with E-state index in [0.29, 0.717) is 11.1 Å². The van der Waals surface area contributed by atoms with Crippen LogP contribution in [0.25, 0.3) is 0 Å². The highest BCUT2D eigenvalue weighted by Gasteiger charge is 2.33. The van der Waals surface area contributed by atoms with E-state index in [1.165, 1.54) is 18.2 Å². The fourth-order valence-electron chi connectivity index (χ4n) is 3.53. The van der Waals surface area contributed by atoms with Gasteiger partial charge in [0.25, 0.3) is 0 Å². The van der Waals surface area contributed by atoms with E-state index in [-0.39, 0.29) is 33.8 Å². The Kier molecular flexibility index (Phi) is 5.11. The molecule has 1 aliphatic carbocycles. The van der Waals surface area contributed by atoms with Crippen LogP contribution >= 0.6 is 0 Å². The summed E-state index contributed by atoms with van der Waals surface area (Å²) in [6, 6.07) is 18.1. The number of Topliss-reactive ketones (excluding diaryl/α,β-unsaturated/α-hetero) is 1. The molecule has 0 saturated heterocycles. The fraction of sp³-hybridized carbons (Fsp3) is 0.120. The van der Waals surface area contributed by atoms with Gasteiger partial charge in [-0.25, -0.2) is 4.79 Å². The van der Waals surface area contributed by atoms with Crippen LogP contribution in [0.15, 0.2) is 66.7 Å². The normalized spacial score (nSPS) is 12.2. The van der Waals surface area contributed by atoms with Crippen molar-refractivity contribution in [1.29, 1.82) is 0 Å². The molecule has 30 heavy (non-hydrogen) atoms. The summed E-state index contributed by atoms with van der Waals surface area (Å²) in [6.07, 6.45) is 0.860. The van der Waals surface area contributed by atoms with Gasteiger partial charge in [-0.1, -0.05) is 67.6 Å². The maximum absolute atomic E-state index is 13.0. The zero-order valence-electron chi connectivity index (χ0n) is 16.3. The first kappa shape index (κ1) is 19.5. The quantitative estimate of drug-likeness (QED) is 0.374. The van der Waals surface area contributed by atoms with E-state index in [2.05, 4.69) is 0 Å². The number of ketones is 3. The lowest BCUT2D eigenvalue weighted by Gasteiger charge is -2.19. The number of aryl methyl sites for hydroxylation is 1. The summed E-state index contributed by atoms with van der Waals surface area (Å²) in [4.78, 5) is 50.8. The monoisotopic (exact) mass is 398 g/mol. The van der Waals surface area contributed by atoms with Crippen LogP contribution in [-0.4, -0.2) is 29.9 Å². The van der Waals surface area contributed by atoms with Crippen molar-refractivity contribution < 1.29 is 23.9 Å². The fourth-order valence-corrected chi connectivity index (χ4v) is 3.53. The van der Waals surface area contributed by atoms with Gasteiger partial charge in [0, 0.05) is 27.8 Å². The summed E-state index contributed by atoms with van der Waals surface area (Å²) in [5, 5.41) is 0. The van der Waals surface area contributed by atoms with Crippen molar-refractivity contribution >= 4 is 23.3 Å². The van der Waals surface area contributed by atoms with Crippen molar-refractivity contribution in [3.8, 4) is 0 Å². The Labute approximate surface area is 173 Å². The van der Waals surface area contributed by atoms with Crippen molar-refractivity contribution in [3.63, 3.8) is 0 Å². The third-order valence-corrected chi connectivity index (χ3v) is 5.19. The van der Waals surface area contributed by atoms with Crippen LogP contribution in [0.2, 0.25) is 0 Å². The van der Waals surface area contributed by atoms with Crippen LogP contribution in [-0.2, 0) is 11.2 Å². The van der Waals surface area contributed by atoms with Crippen LogP contribution in [0.4, 0.5) is 0 Å². The highest BCUT2D eigenvalue weighted by molar-refractivity contribution is 6.30. The third kappa shape index (κ3) is 3.35. The molecule has 0 fully saturated rings. The number of hydrogen-bond donors (Lipinski definition) is 0. The largest absolute Gasteiger partial charge is 0.454 e. The molecular weight excluding hydrogens is 380 g/mol. The second-order valence-corrected chi connectivity index (χ2v) is 6.98. The second-order valence-electron chi connectivity index (χ2n) is 6.98. The highest BCUT2D eigenvalue weighted by atomic mass is 16.5. The molecule has 0 radical (unpaired) electrons. The summed E-state index contributed by atoms with van der Waals surface area (Å²) in [5.41, 5.74) is 2.27. The van der Waals surface area contributed by atoms with Crippen LogP contribution in [0, 0.1) is 0 Å². The number of esters is 1. The summed E-state index contributed by atoms with van der Waals surface area (Å²) >= 11 is 0. The van der Waals surface area contributed by atoms with Gasteiger partial charge in [0.15, 0.2) is 24.0 Å². The van der Waals surface area contributed by atoms with Crippen LogP contribution < -0.4 is 0 Å². The minimum atomic E-state index is -0.814. The molecule has 5 nitrogen and oxygen atoms in total. The zero-order valence-corrected chi connectivity index (χ0v) is 16.3. The van der Waals surface area contributed by atoms with E-state index in [4.69, 9.17) is 4.74 Å². The average molecular weight is 398 g/mol. The summed E-state index contributed by atoms with van der Waals surface area (Å²) < 4.78 is 5.19. The van der Waals surface area contributed by atoms with Gasteiger partial charge < -0.3 is 4.74 Å². The van der Waals surface area contributed by atoms with E-state index in [9.17, 15) is 19.2 Å². The molecule has 3 aromatic carbocycles. The molecule has 0 saturated carbocycles. The molecule has 3 aromatic rings. The van der Waals surface area contributed by atoms with Gasteiger partial charge in [-0.05, 0) is 18.1 Å².